The maximum atomic E-state index is 13.5. The third-order valence-electron chi connectivity index (χ3n) is 7.81. The molecule has 7 rings (SSSR count). The van der Waals surface area contributed by atoms with Crippen molar-refractivity contribution in [2.75, 3.05) is 6.61 Å². The molecule has 4 heterocycles. The Kier molecular flexibility index (Phi) is 4.50. The second kappa shape index (κ2) is 7.07. The quantitative estimate of drug-likeness (QED) is 0.573. The number of ether oxygens (including phenoxy) is 1. The third kappa shape index (κ3) is 3.10. The number of rotatable bonds is 3. The van der Waals surface area contributed by atoms with Crippen LogP contribution in [-0.2, 0) is 17.2 Å². The number of pyridine rings is 1. The maximum Gasteiger partial charge on any atom is 0.394 e. The summed E-state index contributed by atoms with van der Waals surface area (Å²) < 4.78 is 48.0. The van der Waals surface area contributed by atoms with E-state index < -0.39 is 17.0 Å². The molecule has 10 heteroatoms. The van der Waals surface area contributed by atoms with Crippen molar-refractivity contribution in [1.29, 1.82) is 0 Å². The predicted octanol–water partition coefficient (Wildman–Crippen LogP) is 4.05. The summed E-state index contributed by atoms with van der Waals surface area (Å²) in [5, 5.41) is 0. The molecule has 3 aromatic heterocycles. The SMILES string of the molecule is Cc1cnc2c(C34CC(C(F)(F)F)(C3)C4)nc([C@@H]3CCO[C@H](c4ccc(=O)n(C)c4)C3)nc2n1. The van der Waals surface area contributed by atoms with Crippen LogP contribution in [0.25, 0.3) is 11.2 Å². The van der Waals surface area contributed by atoms with E-state index in [0.29, 0.717) is 47.8 Å². The van der Waals surface area contributed by atoms with Crippen LogP contribution >= 0.6 is 0 Å². The Bertz CT molecular complexity index is 1350. The lowest BCUT2D eigenvalue weighted by Gasteiger charge is -2.70. The van der Waals surface area contributed by atoms with Gasteiger partial charge in [0.1, 0.15) is 11.3 Å². The molecule has 2 bridgehead atoms. The van der Waals surface area contributed by atoms with E-state index in [0.717, 1.165) is 5.56 Å². The summed E-state index contributed by atoms with van der Waals surface area (Å²) in [6, 6.07) is 3.29. The van der Waals surface area contributed by atoms with Crippen LogP contribution in [0.5, 0.6) is 0 Å². The summed E-state index contributed by atoms with van der Waals surface area (Å²) in [7, 11) is 1.70. The lowest BCUT2D eigenvalue weighted by atomic mass is 9.34. The lowest BCUT2D eigenvalue weighted by molar-refractivity contribution is -0.337. The molecule has 0 aromatic carbocycles. The zero-order valence-corrected chi connectivity index (χ0v) is 18.9. The highest BCUT2D eigenvalue weighted by Gasteiger charge is 2.79. The van der Waals surface area contributed by atoms with Crippen molar-refractivity contribution < 1.29 is 17.9 Å². The molecule has 4 fully saturated rings. The average Bonchev–Trinajstić information content (AvgIpc) is 2.72. The highest BCUT2D eigenvalue weighted by molar-refractivity contribution is 5.75. The number of aryl methyl sites for hydroxylation is 2. The molecule has 1 aliphatic heterocycles. The van der Waals surface area contributed by atoms with E-state index >= 15 is 0 Å². The molecule has 0 spiro atoms. The maximum absolute atomic E-state index is 13.5. The third-order valence-corrected chi connectivity index (χ3v) is 7.81. The van der Waals surface area contributed by atoms with Crippen molar-refractivity contribution in [3.05, 3.63) is 57.7 Å². The van der Waals surface area contributed by atoms with Gasteiger partial charge in [0, 0.05) is 43.4 Å². The molecule has 3 aliphatic carbocycles. The van der Waals surface area contributed by atoms with Gasteiger partial charge in [-0.1, -0.05) is 0 Å². The minimum absolute atomic E-state index is 0.0367. The molecule has 4 aliphatic rings. The number of hydrogen-bond donors (Lipinski definition) is 0. The van der Waals surface area contributed by atoms with Gasteiger partial charge in [0.05, 0.1) is 22.9 Å². The monoisotopic (exact) mass is 471 g/mol. The van der Waals surface area contributed by atoms with E-state index in [1.54, 1.807) is 25.5 Å². The van der Waals surface area contributed by atoms with Gasteiger partial charge in [0.15, 0.2) is 5.65 Å². The van der Waals surface area contributed by atoms with Crippen molar-refractivity contribution in [2.24, 2.45) is 12.5 Å². The fourth-order valence-electron chi connectivity index (χ4n) is 5.97. The molecular formula is C24H24F3N5O2. The second-order valence-electron chi connectivity index (χ2n) is 10.2. The Balaban J connectivity index is 1.36. The van der Waals surface area contributed by atoms with Crippen LogP contribution in [0.4, 0.5) is 13.2 Å². The Labute approximate surface area is 193 Å². The van der Waals surface area contributed by atoms with Gasteiger partial charge in [-0.05, 0) is 50.7 Å². The number of hydrogen-bond acceptors (Lipinski definition) is 6. The Morgan fingerprint density at radius 1 is 1.15 bits per heavy atom. The van der Waals surface area contributed by atoms with E-state index in [9.17, 15) is 18.0 Å². The normalized spacial score (nSPS) is 30.6. The highest BCUT2D eigenvalue weighted by Crippen LogP contribution is 2.78. The summed E-state index contributed by atoms with van der Waals surface area (Å²) in [6.07, 6.45) is 0.455. The van der Waals surface area contributed by atoms with Crippen LogP contribution in [0.1, 0.15) is 66.9 Å². The van der Waals surface area contributed by atoms with Crippen molar-refractivity contribution in [3.8, 4) is 0 Å². The fourth-order valence-corrected chi connectivity index (χ4v) is 5.97. The minimum Gasteiger partial charge on any atom is -0.373 e. The molecule has 0 N–H and O–H groups in total. The van der Waals surface area contributed by atoms with E-state index in [-0.39, 0.29) is 36.8 Å². The average molecular weight is 471 g/mol. The highest BCUT2D eigenvalue weighted by atomic mass is 19.4. The van der Waals surface area contributed by atoms with Gasteiger partial charge in [-0.15, -0.1) is 0 Å². The topological polar surface area (TPSA) is 82.8 Å². The van der Waals surface area contributed by atoms with Gasteiger partial charge < -0.3 is 9.30 Å². The summed E-state index contributed by atoms with van der Waals surface area (Å²) in [5.41, 5.74) is 0.881. The Morgan fingerprint density at radius 3 is 2.62 bits per heavy atom. The first kappa shape index (κ1) is 21.6. The molecule has 0 unspecified atom stereocenters. The zero-order chi connectivity index (χ0) is 23.9. The zero-order valence-electron chi connectivity index (χ0n) is 18.9. The smallest absolute Gasteiger partial charge is 0.373 e. The number of alkyl halides is 3. The van der Waals surface area contributed by atoms with Crippen LogP contribution < -0.4 is 5.56 Å². The van der Waals surface area contributed by atoms with E-state index in [1.807, 2.05) is 6.92 Å². The largest absolute Gasteiger partial charge is 0.394 e. The van der Waals surface area contributed by atoms with Gasteiger partial charge in [0.2, 0.25) is 5.56 Å². The van der Waals surface area contributed by atoms with Crippen LogP contribution in [0.15, 0.2) is 29.3 Å². The van der Waals surface area contributed by atoms with Crippen LogP contribution in [0.3, 0.4) is 0 Å². The van der Waals surface area contributed by atoms with E-state index in [4.69, 9.17) is 14.7 Å². The second-order valence-corrected chi connectivity index (χ2v) is 10.2. The summed E-state index contributed by atoms with van der Waals surface area (Å²) in [6.45, 7) is 2.31. The van der Waals surface area contributed by atoms with Crippen LogP contribution in [0.2, 0.25) is 0 Å². The van der Waals surface area contributed by atoms with Crippen molar-refractivity contribution in [3.63, 3.8) is 0 Å². The van der Waals surface area contributed by atoms with E-state index in [2.05, 4.69) is 9.97 Å². The molecule has 7 nitrogen and oxygen atoms in total. The Morgan fingerprint density at radius 2 is 1.91 bits per heavy atom. The molecular weight excluding hydrogens is 447 g/mol. The number of fused-ring (bicyclic) bond motifs is 1. The summed E-state index contributed by atoms with van der Waals surface area (Å²) >= 11 is 0. The summed E-state index contributed by atoms with van der Waals surface area (Å²) in [4.78, 5) is 30.4. The molecule has 34 heavy (non-hydrogen) atoms. The number of aromatic nitrogens is 5. The first-order chi connectivity index (χ1) is 16.1. The molecule has 0 amide bonds. The molecule has 1 saturated heterocycles. The van der Waals surface area contributed by atoms with Gasteiger partial charge in [-0.2, -0.15) is 13.2 Å². The number of nitrogens with zero attached hydrogens (tertiary/aromatic N) is 5. The molecule has 3 aromatic rings. The summed E-state index contributed by atoms with van der Waals surface area (Å²) in [5.74, 6) is 0.552. The van der Waals surface area contributed by atoms with E-state index in [1.165, 1.54) is 10.6 Å². The lowest BCUT2D eigenvalue weighted by Crippen LogP contribution is -2.70. The van der Waals surface area contributed by atoms with Gasteiger partial charge >= 0.3 is 6.18 Å². The Hall–Kier alpha value is -2.88. The molecule has 3 saturated carbocycles. The molecule has 0 radical (unpaired) electrons. The van der Waals surface area contributed by atoms with Crippen LogP contribution in [-0.4, -0.2) is 37.3 Å². The standard InChI is InChI=1S/C24H24F3N5O2/c1-13-8-28-18-19(22-10-23(11-22,12-22)24(25,26)27)30-20(31-21(18)29-13)14-5-6-34-16(7-14)15-3-4-17(33)32(2)9-15/h3-4,8-9,14,16H,5-7,10-12H2,1-2H3/t14-,16+,22?,23?/m1/s1. The first-order valence-electron chi connectivity index (χ1n) is 11.5. The number of halogens is 3. The minimum atomic E-state index is -4.19. The van der Waals surface area contributed by atoms with Gasteiger partial charge in [-0.25, -0.2) is 19.9 Å². The van der Waals surface area contributed by atoms with Crippen molar-refractivity contribution in [2.45, 2.75) is 62.6 Å². The first-order valence-corrected chi connectivity index (χ1v) is 11.5. The van der Waals surface area contributed by atoms with Gasteiger partial charge in [0.25, 0.3) is 0 Å². The van der Waals surface area contributed by atoms with Crippen molar-refractivity contribution >= 4 is 11.2 Å². The van der Waals surface area contributed by atoms with Crippen molar-refractivity contribution in [1.82, 2.24) is 24.5 Å². The predicted molar refractivity (Wildman–Crippen MR) is 116 cm³/mol. The van der Waals surface area contributed by atoms with Gasteiger partial charge in [-0.3, -0.25) is 4.79 Å². The molecule has 178 valence electrons. The van der Waals surface area contributed by atoms with Crippen LogP contribution in [0, 0.1) is 12.3 Å². The molecule has 2 atom stereocenters. The fraction of sp³-hybridized carbons (Fsp3) is 0.542.